The van der Waals surface area contributed by atoms with E-state index in [1.165, 1.54) is 0 Å². The van der Waals surface area contributed by atoms with E-state index in [2.05, 4.69) is 68.4 Å². The molecule has 0 radical (unpaired) electrons. The summed E-state index contributed by atoms with van der Waals surface area (Å²) in [5, 5.41) is 21.1. The van der Waals surface area contributed by atoms with Crippen LogP contribution in [0.2, 0.25) is 0 Å². The molecule has 0 aromatic carbocycles. The molecule has 39 heavy (non-hydrogen) atoms. The normalized spacial score (nSPS) is 31.5. The summed E-state index contributed by atoms with van der Waals surface area (Å²) < 4.78 is 0. The molecule has 4 nitrogen and oxygen atoms in total. The van der Waals surface area contributed by atoms with E-state index in [-0.39, 0.29) is 56.7 Å². The van der Waals surface area contributed by atoms with Crippen molar-refractivity contribution in [1.82, 2.24) is 0 Å². The molecule has 4 heteroatoms. The van der Waals surface area contributed by atoms with Crippen LogP contribution in [0.15, 0.2) is 11.6 Å². The second kappa shape index (κ2) is 11.4. The molecule has 2 aliphatic carbocycles. The number of hydrogen-bond donors (Lipinski definition) is 1. The van der Waals surface area contributed by atoms with Gasteiger partial charge < -0.3 is 9.90 Å². The topological polar surface area (TPSA) is 78.2 Å². The molecule has 2 aliphatic rings. The Kier molecular flexibility index (Phi) is 9.88. The summed E-state index contributed by atoms with van der Waals surface area (Å²) in [5.41, 5.74) is -0.988. The van der Waals surface area contributed by atoms with E-state index in [1.807, 2.05) is 19.9 Å². The second-order valence-corrected chi connectivity index (χ2v) is 16.0. The number of nitrogens with zero attached hydrogens (tertiary/aromatic N) is 1. The highest BCUT2D eigenvalue weighted by Gasteiger charge is 2.63. The molecular weight excluding hydrogens is 482 g/mol. The van der Waals surface area contributed by atoms with E-state index >= 15 is 0 Å². The molecule has 2 rings (SSSR count). The van der Waals surface area contributed by atoms with Crippen LogP contribution < -0.4 is 0 Å². The Hall–Kier alpha value is -1.47. The van der Waals surface area contributed by atoms with Crippen molar-refractivity contribution in [3.8, 4) is 6.07 Å². The lowest BCUT2D eigenvalue weighted by Gasteiger charge is -2.64. The third kappa shape index (κ3) is 6.24. The van der Waals surface area contributed by atoms with Crippen molar-refractivity contribution < 1.29 is 14.7 Å². The van der Waals surface area contributed by atoms with Crippen LogP contribution in [0, 0.1) is 55.7 Å². The number of hydrogen-bond acceptors (Lipinski definition) is 4. The highest BCUT2D eigenvalue weighted by molar-refractivity contribution is 6.04. The van der Waals surface area contributed by atoms with Gasteiger partial charge in [-0.2, -0.15) is 5.26 Å². The van der Waals surface area contributed by atoms with Crippen molar-refractivity contribution in [2.24, 2.45) is 44.3 Å². The van der Waals surface area contributed by atoms with E-state index < -0.39 is 10.8 Å². The Bertz CT molecular complexity index is 998. The maximum absolute atomic E-state index is 13.2. The predicted molar refractivity (Wildman–Crippen MR) is 161 cm³/mol. The average Bonchev–Trinajstić information content (AvgIpc) is 2.85. The minimum absolute atomic E-state index is 0.0216. The fourth-order valence-electron chi connectivity index (χ4n) is 8.34. The lowest BCUT2D eigenvalue weighted by Crippen LogP contribution is -2.60. The van der Waals surface area contributed by atoms with Crippen molar-refractivity contribution in [2.75, 3.05) is 0 Å². The summed E-state index contributed by atoms with van der Waals surface area (Å²) in [7, 11) is 0. The summed E-state index contributed by atoms with van der Waals surface area (Å²) in [6.07, 6.45) is 9.74. The lowest BCUT2D eigenvalue weighted by atomic mass is 9.39. The second-order valence-electron chi connectivity index (χ2n) is 16.0. The van der Waals surface area contributed by atoms with Crippen LogP contribution >= 0.6 is 0 Å². The number of nitriles is 1. The summed E-state index contributed by atoms with van der Waals surface area (Å²) >= 11 is 0. The molecule has 0 amide bonds. The minimum Gasteiger partial charge on any atom is -0.393 e. The van der Waals surface area contributed by atoms with Gasteiger partial charge in [-0.15, -0.1) is 0 Å². The van der Waals surface area contributed by atoms with Gasteiger partial charge in [-0.25, -0.2) is 0 Å². The highest BCUT2D eigenvalue weighted by atomic mass is 16.3. The Balaban J connectivity index is 2.52. The average molecular weight is 542 g/mol. The van der Waals surface area contributed by atoms with E-state index in [9.17, 15) is 20.0 Å². The van der Waals surface area contributed by atoms with Gasteiger partial charge in [0.2, 0.25) is 0 Å². The highest BCUT2D eigenvalue weighted by Crippen LogP contribution is 2.68. The molecule has 1 saturated carbocycles. The first-order valence-corrected chi connectivity index (χ1v) is 15.5. The smallest absolute Gasteiger partial charge is 0.178 e. The molecular formula is C35H59NO3. The van der Waals surface area contributed by atoms with Gasteiger partial charge in [-0.05, 0) is 90.8 Å². The molecule has 0 bridgehead atoms. The molecule has 0 aromatic heterocycles. The maximum Gasteiger partial charge on any atom is 0.178 e. The van der Waals surface area contributed by atoms with Crippen molar-refractivity contribution >= 4 is 11.6 Å². The molecule has 222 valence electrons. The van der Waals surface area contributed by atoms with Crippen LogP contribution in [0.1, 0.15) is 141 Å². The molecule has 6 atom stereocenters. The van der Waals surface area contributed by atoms with Gasteiger partial charge >= 0.3 is 0 Å². The standard InChI is InChI=1S/C35H59NO3/c1-13-28(38)33(10,19-17-30(4,5)14-2)20-18-31(6,7)35(12)16-15-26-32(8,9)29(39)25(23-36)22-34(26,11)27(35)21-24(3)37/h22,26-28,38H,13-21H2,1-12H3/t26-,27+,28?,33-,34-,35+/m0/s1. The number of aliphatic hydroxyl groups is 1. The summed E-state index contributed by atoms with van der Waals surface area (Å²) in [4.78, 5) is 26.0. The fraction of sp³-hybridized carbons (Fsp3) is 0.857. The van der Waals surface area contributed by atoms with Gasteiger partial charge in [0.1, 0.15) is 11.9 Å². The molecule has 0 aromatic rings. The summed E-state index contributed by atoms with van der Waals surface area (Å²) in [6, 6.07) is 2.20. The largest absolute Gasteiger partial charge is 0.393 e. The Morgan fingerprint density at radius 2 is 1.64 bits per heavy atom. The van der Waals surface area contributed by atoms with Gasteiger partial charge in [-0.1, -0.05) is 88.7 Å². The molecule has 0 spiro atoms. The van der Waals surface area contributed by atoms with Crippen molar-refractivity contribution in [2.45, 2.75) is 147 Å². The predicted octanol–water partition coefficient (Wildman–Crippen LogP) is 8.86. The summed E-state index contributed by atoms with van der Waals surface area (Å²) in [5.74, 6) is 0.217. The number of rotatable bonds is 12. The molecule has 1 unspecified atom stereocenters. The van der Waals surface area contributed by atoms with E-state index in [1.54, 1.807) is 6.92 Å². The quantitative estimate of drug-likeness (QED) is 0.268. The van der Waals surface area contributed by atoms with E-state index in [0.29, 0.717) is 6.42 Å². The van der Waals surface area contributed by atoms with Crippen LogP contribution in [0.4, 0.5) is 0 Å². The van der Waals surface area contributed by atoms with Crippen LogP contribution in [-0.2, 0) is 9.59 Å². The molecule has 1 fully saturated rings. The van der Waals surface area contributed by atoms with Crippen molar-refractivity contribution in [3.63, 3.8) is 0 Å². The fourth-order valence-corrected chi connectivity index (χ4v) is 8.34. The number of carbonyl (C=O) groups is 2. The zero-order chi connectivity index (χ0) is 30.2. The number of ketones is 2. The minimum atomic E-state index is -0.634. The zero-order valence-electron chi connectivity index (χ0n) is 27.4. The van der Waals surface area contributed by atoms with E-state index in [0.717, 1.165) is 51.4 Å². The van der Waals surface area contributed by atoms with Crippen LogP contribution in [0.5, 0.6) is 0 Å². The number of fused-ring (bicyclic) bond motifs is 1. The van der Waals surface area contributed by atoms with Gasteiger partial charge in [0.15, 0.2) is 5.78 Å². The van der Waals surface area contributed by atoms with Gasteiger partial charge in [0.25, 0.3) is 0 Å². The van der Waals surface area contributed by atoms with E-state index in [4.69, 9.17) is 0 Å². The number of Topliss-reactive ketones (excluding diaryl/α,β-unsaturated/α-hetero) is 2. The first-order chi connectivity index (χ1) is 17.7. The van der Waals surface area contributed by atoms with Gasteiger partial charge in [0.05, 0.1) is 11.7 Å². The Labute approximate surface area is 240 Å². The zero-order valence-corrected chi connectivity index (χ0v) is 27.4. The molecule has 0 saturated heterocycles. The first-order valence-electron chi connectivity index (χ1n) is 15.5. The lowest BCUT2D eigenvalue weighted by molar-refractivity contribution is -0.156. The molecule has 0 aliphatic heterocycles. The summed E-state index contributed by atoms with van der Waals surface area (Å²) in [6.45, 7) is 26.2. The Morgan fingerprint density at radius 1 is 1.08 bits per heavy atom. The maximum atomic E-state index is 13.2. The van der Waals surface area contributed by atoms with Gasteiger partial charge in [0, 0.05) is 11.8 Å². The molecule has 1 N–H and O–H groups in total. The van der Waals surface area contributed by atoms with Crippen LogP contribution in [0.3, 0.4) is 0 Å². The van der Waals surface area contributed by atoms with Crippen molar-refractivity contribution in [3.05, 3.63) is 11.6 Å². The molecule has 0 heterocycles. The SMILES string of the molecule is CCC(O)[C@@](C)(CCC(C)(C)CC)CCC(C)(C)[C@]1(C)CC[C@H]2C(C)(C)C(=O)C(C#N)=C[C@]2(C)[C@H]1CC(C)=O. The monoisotopic (exact) mass is 541 g/mol. The first kappa shape index (κ1) is 33.7. The van der Waals surface area contributed by atoms with Crippen LogP contribution in [-0.4, -0.2) is 22.8 Å². The van der Waals surface area contributed by atoms with Gasteiger partial charge in [-0.3, -0.25) is 4.79 Å². The van der Waals surface area contributed by atoms with Crippen LogP contribution in [0.25, 0.3) is 0 Å². The Morgan fingerprint density at radius 3 is 2.13 bits per heavy atom. The third-order valence-electron chi connectivity index (χ3n) is 12.4. The third-order valence-corrected chi connectivity index (χ3v) is 12.4. The number of aliphatic hydroxyl groups excluding tert-OH is 1. The number of allylic oxidation sites excluding steroid dienone is 2. The van der Waals surface area contributed by atoms with Crippen molar-refractivity contribution in [1.29, 1.82) is 5.26 Å². The number of carbonyl (C=O) groups excluding carboxylic acids is 2.